The number of carbonyl (C=O) groups excluding carboxylic acids is 1. The number of ether oxygens (including phenoxy) is 1. The lowest BCUT2D eigenvalue weighted by atomic mass is 10.2. The van der Waals surface area contributed by atoms with Gasteiger partial charge >= 0.3 is 0 Å². The molecule has 1 amide bonds. The van der Waals surface area contributed by atoms with Crippen molar-refractivity contribution in [2.24, 2.45) is 4.99 Å². The predicted molar refractivity (Wildman–Crippen MR) is 133 cm³/mol. The number of benzene rings is 1. The number of nitrogens with one attached hydrogen (secondary N) is 3. The second-order valence-corrected chi connectivity index (χ2v) is 7.62. The van der Waals surface area contributed by atoms with Gasteiger partial charge in [-0.05, 0) is 25.5 Å². The quantitative estimate of drug-likeness (QED) is 0.215. The molecule has 0 radical (unpaired) electrons. The largest absolute Gasteiger partial charge is 0.495 e. The van der Waals surface area contributed by atoms with E-state index < -0.39 is 0 Å². The van der Waals surface area contributed by atoms with Crippen LogP contribution in [0.4, 0.5) is 5.69 Å². The zero-order chi connectivity index (χ0) is 20.6. The van der Waals surface area contributed by atoms with Crippen LogP contribution in [0.3, 0.4) is 0 Å². The van der Waals surface area contributed by atoms with E-state index in [2.05, 4.69) is 36.9 Å². The van der Waals surface area contributed by atoms with Gasteiger partial charge in [-0.15, -0.1) is 35.3 Å². The monoisotopic (exact) mass is 544 g/mol. The molecular formula is C20H29IN6O2S. The highest BCUT2D eigenvalue weighted by molar-refractivity contribution is 14.0. The highest BCUT2D eigenvalue weighted by atomic mass is 127. The lowest BCUT2D eigenvalue weighted by Gasteiger charge is -2.22. The highest BCUT2D eigenvalue weighted by Crippen LogP contribution is 2.30. The number of aryl methyl sites for hydroxylation is 1. The van der Waals surface area contributed by atoms with Gasteiger partial charge in [0.2, 0.25) is 0 Å². The molecule has 8 nitrogen and oxygen atoms in total. The molecule has 1 aliphatic heterocycles. The first-order valence-electron chi connectivity index (χ1n) is 9.65. The van der Waals surface area contributed by atoms with Crippen molar-refractivity contribution >= 4 is 52.9 Å². The number of aliphatic imine (C=N–C) groups is 1. The Balaban J connectivity index is 0.00000320. The maximum absolute atomic E-state index is 12.1. The van der Waals surface area contributed by atoms with Crippen LogP contribution in [0.25, 0.3) is 0 Å². The molecule has 3 rings (SSSR count). The van der Waals surface area contributed by atoms with Crippen LogP contribution in [0.15, 0.2) is 34.8 Å². The van der Waals surface area contributed by atoms with Crippen molar-refractivity contribution in [3.8, 4) is 5.75 Å². The molecule has 0 bridgehead atoms. The Hall–Kier alpha value is -2.08. The molecule has 1 aromatic heterocycles. The number of aromatic nitrogens is 1. The Labute approximate surface area is 198 Å². The molecule has 30 heavy (non-hydrogen) atoms. The second-order valence-electron chi connectivity index (χ2n) is 6.77. The Bertz CT molecular complexity index is 859. The molecule has 10 heteroatoms. The number of thiazole rings is 1. The van der Waals surface area contributed by atoms with Crippen molar-refractivity contribution in [3.63, 3.8) is 0 Å². The third-order valence-corrected chi connectivity index (χ3v) is 5.76. The molecule has 2 heterocycles. The van der Waals surface area contributed by atoms with Crippen LogP contribution >= 0.6 is 35.3 Å². The number of rotatable bonds is 7. The van der Waals surface area contributed by atoms with Crippen LogP contribution in [0.2, 0.25) is 0 Å². The van der Waals surface area contributed by atoms with E-state index in [4.69, 9.17) is 4.74 Å². The van der Waals surface area contributed by atoms with Gasteiger partial charge in [-0.3, -0.25) is 9.79 Å². The topological polar surface area (TPSA) is 90.9 Å². The summed E-state index contributed by atoms with van der Waals surface area (Å²) in [6.07, 6.45) is 1.01. The van der Waals surface area contributed by atoms with Gasteiger partial charge in [0.15, 0.2) is 5.96 Å². The fourth-order valence-electron chi connectivity index (χ4n) is 3.33. The average molecular weight is 544 g/mol. The van der Waals surface area contributed by atoms with Gasteiger partial charge < -0.3 is 25.6 Å². The summed E-state index contributed by atoms with van der Waals surface area (Å²) in [6, 6.07) is 8.37. The van der Waals surface area contributed by atoms with E-state index in [1.54, 1.807) is 19.7 Å². The smallest absolute Gasteiger partial charge is 0.263 e. The van der Waals surface area contributed by atoms with Gasteiger partial charge in [0.05, 0.1) is 24.0 Å². The first kappa shape index (κ1) is 24.2. The molecule has 1 aromatic carbocycles. The van der Waals surface area contributed by atoms with Crippen molar-refractivity contribution in [2.75, 3.05) is 45.2 Å². The lowest BCUT2D eigenvalue weighted by molar-refractivity contribution is 0.0957. The van der Waals surface area contributed by atoms with Crippen molar-refractivity contribution in [1.29, 1.82) is 0 Å². The number of para-hydroxylation sites is 2. The van der Waals surface area contributed by atoms with Gasteiger partial charge in [0.25, 0.3) is 5.91 Å². The molecule has 0 saturated carbocycles. The predicted octanol–water partition coefficient (Wildman–Crippen LogP) is 2.25. The molecule has 164 valence electrons. The summed E-state index contributed by atoms with van der Waals surface area (Å²) in [6.45, 7) is 4.77. The third kappa shape index (κ3) is 6.21. The molecule has 1 saturated heterocycles. The summed E-state index contributed by atoms with van der Waals surface area (Å²) >= 11 is 1.36. The number of carbonyl (C=O) groups is 1. The van der Waals surface area contributed by atoms with Crippen LogP contribution in [-0.4, -0.2) is 63.2 Å². The van der Waals surface area contributed by atoms with E-state index in [-0.39, 0.29) is 29.9 Å². The molecule has 0 aliphatic carbocycles. The summed E-state index contributed by atoms with van der Waals surface area (Å²) < 4.78 is 5.48. The van der Waals surface area contributed by atoms with Gasteiger partial charge in [-0.2, -0.15) is 0 Å². The second kappa shape index (κ2) is 11.9. The minimum atomic E-state index is -0.0852. The number of amides is 1. The van der Waals surface area contributed by atoms with E-state index in [0.29, 0.717) is 24.0 Å². The number of guanidine groups is 1. The van der Waals surface area contributed by atoms with E-state index >= 15 is 0 Å². The summed E-state index contributed by atoms with van der Waals surface area (Å²) in [5, 5.41) is 9.63. The minimum absolute atomic E-state index is 0. The van der Waals surface area contributed by atoms with Crippen LogP contribution in [0, 0.1) is 6.92 Å². The van der Waals surface area contributed by atoms with Gasteiger partial charge in [0.1, 0.15) is 10.6 Å². The standard InChI is InChI=1S/C20H28N6O2S.HI/c1-14-18(29-13-24-14)19(27)22-9-10-23-20(21-2)25-15-8-11-26(12-15)16-6-4-5-7-17(16)28-3;/h4-7,13,15H,8-12H2,1-3H3,(H,22,27)(H2,21,23,25);1H. The molecular weight excluding hydrogens is 515 g/mol. The van der Waals surface area contributed by atoms with Gasteiger partial charge in [-0.25, -0.2) is 4.98 Å². The van der Waals surface area contributed by atoms with Crippen LogP contribution < -0.4 is 25.6 Å². The number of anilines is 1. The first-order chi connectivity index (χ1) is 14.1. The number of hydrogen-bond donors (Lipinski definition) is 3. The number of nitrogens with zero attached hydrogens (tertiary/aromatic N) is 3. The van der Waals surface area contributed by atoms with Crippen molar-refractivity contribution in [3.05, 3.63) is 40.3 Å². The summed E-state index contributed by atoms with van der Waals surface area (Å²) in [5.41, 5.74) is 3.56. The van der Waals surface area contributed by atoms with E-state index in [1.165, 1.54) is 11.3 Å². The van der Waals surface area contributed by atoms with E-state index in [1.807, 2.05) is 25.1 Å². The molecule has 1 atom stereocenters. The number of halogens is 1. The fraction of sp³-hybridized carbons (Fsp3) is 0.450. The van der Waals surface area contributed by atoms with Crippen molar-refractivity contribution in [2.45, 2.75) is 19.4 Å². The molecule has 0 spiro atoms. The van der Waals surface area contributed by atoms with Crippen LogP contribution in [-0.2, 0) is 0 Å². The number of methoxy groups -OCH3 is 1. The Morgan fingerprint density at radius 2 is 2.10 bits per heavy atom. The Morgan fingerprint density at radius 3 is 2.80 bits per heavy atom. The normalized spacial score (nSPS) is 16.0. The fourth-order valence-corrected chi connectivity index (χ4v) is 4.05. The van der Waals surface area contributed by atoms with E-state index in [0.717, 1.165) is 42.6 Å². The van der Waals surface area contributed by atoms with Gasteiger partial charge in [0, 0.05) is 39.3 Å². The molecule has 2 aromatic rings. The Kier molecular flexibility index (Phi) is 9.63. The highest BCUT2D eigenvalue weighted by Gasteiger charge is 2.25. The summed E-state index contributed by atoms with van der Waals surface area (Å²) in [7, 11) is 3.45. The molecule has 1 aliphatic rings. The minimum Gasteiger partial charge on any atom is -0.495 e. The zero-order valence-electron chi connectivity index (χ0n) is 17.5. The molecule has 1 fully saturated rings. The van der Waals surface area contributed by atoms with Gasteiger partial charge in [-0.1, -0.05) is 12.1 Å². The number of hydrogen-bond acceptors (Lipinski definition) is 6. The maximum atomic E-state index is 12.1. The van der Waals surface area contributed by atoms with E-state index in [9.17, 15) is 4.79 Å². The summed E-state index contributed by atoms with van der Waals surface area (Å²) in [5.74, 6) is 1.54. The van der Waals surface area contributed by atoms with Crippen LogP contribution in [0.1, 0.15) is 21.8 Å². The van der Waals surface area contributed by atoms with Crippen molar-refractivity contribution < 1.29 is 9.53 Å². The summed E-state index contributed by atoms with van der Waals surface area (Å²) in [4.78, 5) is 23.5. The third-order valence-electron chi connectivity index (χ3n) is 4.83. The maximum Gasteiger partial charge on any atom is 0.263 e. The molecule has 3 N–H and O–H groups in total. The van der Waals surface area contributed by atoms with Crippen LogP contribution in [0.5, 0.6) is 5.75 Å². The lowest BCUT2D eigenvalue weighted by Crippen LogP contribution is -2.46. The Morgan fingerprint density at radius 1 is 1.33 bits per heavy atom. The SMILES string of the molecule is CN=C(NCCNC(=O)c1scnc1C)NC1CCN(c2ccccc2OC)C1.I. The van der Waals surface area contributed by atoms with Crippen molar-refractivity contribution in [1.82, 2.24) is 20.9 Å². The zero-order valence-corrected chi connectivity index (χ0v) is 20.6. The first-order valence-corrected chi connectivity index (χ1v) is 10.5. The molecule has 1 unspecified atom stereocenters. The average Bonchev–Trinajstić information content (AvgIpc) is 3.38.